The van der Waals surface area contributed by atoms with E-state index in [4.69, 9.17) is 0 Å². The van der Waals surface area contributed by atoms with Gasteiger partial charge in [-0.25, -0.2) is 0 Å². The molecule has 4 rings (SSSR count). The molecule has 1 aromatic carbocycles. The number of carbonyl (C=O) groups is 1. The molecule has 3 aliphatic rings. The molecule has 1 aromatic rings. The van der Waals surface area contributed by atoms with Crippen LogP contribution in [0.3, 0.4) is 0 Å². The Morgan fingerprint density at radius 3 is 2.76 bits per heavy atom. The Morgan fingerprint density at radius 2 is 1.88 bits per heavy atom. The fourth-order valence-electron chi connectivity index (χ4n) is 2.81. The van der Waals surface area contributed by atoms with Crippen molar-refractivity contribution in [3.05, 3.63) is 65.3 Å². The molecule has 0 aromatic heterocycles. The third-order valence-corrected chi connectivity index (χ3v) is 4.98. The summed E-state index contributed by atoms with van der Waals surface area (Å²) < 4.78 is 0. The number of rotatable bonds is 0. The van der Waals surface area contributed by atoms with Crippen LogP contribution in [0.25, 0.3) is 5.57 Å². The number of fused-ring (bicyclic) bond motifs is 4. The summed E-state index contributed by atoms with van der Waals surface area (Å²) in [5.74, 6) is 0.282. The number of hydrogen-bond donors (Lipinski definition) is 0. The molecule has 82 valence electrons. The minimum absolute atomic E-state index is 0.0276. The van der Waals surface area contributed by atoms with Crippen LogP contribution < -0.4 is 0 Å². The second kappa shape index (κ2) is 3.23. The summed E-state index contributed by atoms with van der Waals surface area (Å²) in [4.78, 5) is 12.3. The van der Waals surface area contributed by atoms with Crippen molar-refractivity contribution in [2.75, 3.05) is 0 Å². The van der Waals surface area contributed by atoms with E-state index < -0.39 is 0 Å². The van der Waals surface area contributed by atoms with Gasteiger partial charge in [-0.2, -0.15) is 0 Å². The molecule has 0 N–H and O–H groups in total. The van der Waals surface area contributed by atoms with Crippen molar-refractivity contribution < 1.29 is 4.79 Å². The standard InChI is InChI=1S/C15H10OS/c16-14-10-6-2-1-5-9(10)13-11-7-3-4-8-12(11)17-15(13)14/h1-8,12,15H. The molecule has 2 unspecified atom stereocenters. The van der Waals surface area contributed by atoms with Gasteiger partial charge in [0.15, 0.2) is 5.78 Å². The molecule has 0 amide bonds. The zero-order valence-corrected chi connectivity index (χ0v) is 9.91. The summed E-state index contributed by atoms with van der Waals surface area (Å²) in [6.45, 7) is 0. The lowest BCUT2D eigenvalue weighted by Crippen LogP contribution is -2.09. The van der Waals surface area contributed by atoms with Gasteiger partial charge in [-0.15, -0.1) is 11.8 Å². The van der Waals surface area contributed by atoms with Crippen LogP contribution in [0.2, 0.25) is 0 Å². The Bertz CT molecular complexity index is 622. The summed E-state index contributed by atoms with van der Waals surface area (Å²) in [6.07, 6.45) is 8.47. The Labute approximate surface area is 104 Å². The second-order valence-electron chi connectivity index (χ2n) is 4.46. The second-order valence-corrected chi connectivity index (χ2v) is 5.71. The fourth-order valence-corrected chi connectivity index (χ4v) is 4.29. The maximum absolute atomic E-state index is 12.3. The topological polar surface area (TPSA) is 17.1 Å². The van der Waals surface area contributed by atoms with E-state index in [-0.39, 0.29) is 11.0 Å². The van der Waals surface area contributed by atoms with E-state index >= 15 is 0 Å². The first kappa shape index (κ1) is 9.49. The Morgan fingerprint density at radius 1 is 1.06 bits per heavy atom. The zero-order valence-electron chi connectivity index (χ0n) is 9.09. The number of allylic oxidation sites excluding steroid dienone is 3. The molecule has 2 aliphatic carbocycles. The molecule has 2 heteroatoms. The van der Waals surface area contributed by atoms with Crippen molar-refractivity contribution in [1.82, 2.24) is 0 Å². The molecule has 1 nitrogen and oxygen atoms in total. The average Bonchev–Trinajstić information content (AvgIpc) is 2.88. The van der Waals surface area contributed by atoms with Gasteiger partial charge in [0.05, 0.1) is 5.25 Å². The van der Waals surface area contributed by atoms with Crippen LogP contribution in [-0.4, -0.2) is 16.3 Å². The third-order valence-electron chi connectivity index (χ3n) is 3.56. The Kier molecular flexibility index (Phi) is 1.80. The molecule has 17 heavy (non-hydrogen) atoms. The summed E-state index contributed by atoms with van der Waals surface area (Å²) in [7, 11) is 0. The van der Waals surface area contributed by atoms with Gasteiger partial charge in [0, 0.05) is 10.8 Å². The van der Waals surface area contributed by atoms with Gasteiger partial charge in [-0.1, -0.05) is 48.6 Å². The number of hydrogen-bond acceptors (Lipinski definition) is 2. The van der Waals surface area contributed by atoms with Gasteiger partial charge in [0.25, 0.3) is 0 Å². The van der Waals surface area contributed by atoms with Gasteiger partial charge in [0.2, 0.25) is 0 Å². The lowest BCUT2D eigenvalue weighted by atomic mass is 9.97. The molecule has 0 saturated heterocycles. The van der Waals surface area contributed by atoms with Crippen LogP contribution in [0.15, 0.2) is 54.1 Å². The van der Waals surface area contributed by atoms with Crippen molar-refractivity contribution in [3.8, 4) is 0 Å². The number of thioether (sulfide) groups is 1. The van der Waals surface area contributed by atoms with Crippen molar-refractivity contribution in [2.45, 2.75) is 10.5 Å². The van der Waals surface area contributed by atoms with Crippen LogP contribution in [0.1, 0.15) is 15.9 Å². The molecule has 1 aliphatic heterocycles. The molecular weight excluding hydrogens is 228 g/mol. The summed E-state index contributed by atoms with van der Waals surface area (Å²) in [5.41, 5.74) is 4.61. The highest BCUT2D eigenvalue weighted by Gasteiger charge is 2.43. The monoisotopic (exact) mass is 238 g/mol. The minimum Gasteiger partial charge on any atom is -0.293 e. The van der Waals surface area contributed by atoms with Crippen LogP contribution in [0.5, 0.6) is 0 Å². The minimum atomic E-state index is 0.0276. The molecule has 0 fully saturated rings. The van der Waals surface area contributed by atoms with Gasteiger partial charge in [-0.3, -0.25) is 4.79 Å². The van der Waals surface area contributed by atoms with Crippen LogP contribution in [0, 0.1) is 0 Å². The van der Waals surface area contributed by atoms with E-state index in [9.17, 15) is 4.79 Å². The third kappa shape index (κ3) is 1.14. The predicted molar refractivity (Wildman–Crippen MR) is 71.1 cm³/mol. The molecule has 1 heterocycles. The van der Waals surface area contributed by atoms with Crippen LogP contribution in [-0.2, 0) is 0 Å². The van der Waals surface area contributed by atoms with Crippen molar-refractivity contribution in [1.29, 1.82) is 0 Å². The van der Waals surface area contributed by atoms with E-state index in [0.29, 0.717) is 5.25 Å². The Balaban J connectivity index is 2.01. The van der Waals surface area contributed by atoms with E-state index in [1.807, 2.05) is 18.2 Å². The van der Waals surface area contributed by atoms with Gasteiger partial charge < -0.3 is 0 Å². The maximum atomic E-state index is 12.3. The zero-order chi connectivity index (χ0) is 11.4. The first-order chi connectivity index (χ1) is 8.36. The fraction of sp³-hybridized carbons (Fsp3) is 0.133. The van der Waals surface area contributed by atoms with Crippen molar-refractivity contribution >= 4 is 23.1 Å². The van der Waals surface area contributed by atoms with Gasteiger partial charge in [0.1, 0.15) is 0 Å². The first-order valence-electron chi connectivity index (χ1n) is 5.74. The highest BCUT2D eigenvalue weighted by atomic mass is 32.2. The smallest absolute Gasteiger partial charge is 0.180 e. The molecule has 2 atom stereocenters. The quantitative estimate of drug-likeness (QED) is 0.690. The number of benzene rings is 1. The maximum Gasteiger partial charge on any atom is 0.180 e. The number of Topliss-reactive ketones (excluding diaryl/α,β-unsaturated/α-hetero) is 1. The van der Waals surface area contributed by atoms with E-state index in [0.717, 1.165) is 11.1 Å². The first-order valence-corrected chi connectivity index (χ1v) is 6.68. The van der Waals surface area contributed by atoms with E-state index in [1.165, 1.54) is 11.1 Å². The van der Waals surface area contributed by atoms with Gasteiger partial charge in [-0.05, 0) is 16.7 Å². The lowest BCUT2D eigenvalue weighted by molar-refractivity contribution is 0.101. The summed E-state index contributed by atoms with van der Waals surface area (Å²) in [5, 5.41) is 0.400. The molecular formula is C15H10OS. The highest BCUT2D eigenvalue weighted by Crippen LogP contribution is 2.51. The lowest BCUT2D eigenvalue weighted by Gasteiger charge is -2.11. The normalized spacial score (nSPS) is 28.4. The highest BCUT2D eigenvalue weighted by molar-refractivity contribution is 8.02. The molecule has 0 radical (unpaired) electrons. The van der Waals surface area contributed by atoms with Crippen molar-refractivity contribution in [3.63, 3.8) is 0 Å². The average molecular weight is 238 g/mol. The van der Waals surface area contributed by atoms with Crippen LogP contribution >= 0.6 is 11.8 Å². The van der Waals surface area contributed by atoms with Crippen LogP contribution in [0.4, 0.5) is 0 Å². The number of carbonyl (C=O) groups excluding carboxylic acids is 1. The largest absolute Gasteiger partial charge is 0.293 e. The Hall–Kier alpha value is -1.54. The van der Waals surface area contributed by atoms with E-state index in [2.05, 4.69) is 30.4 Å². The summed E-state index contributed by atoms with van der Waals surface area (Å²) >= 11 is 1.77. The predicted octanol–water partition coefficient (Wildman–Crippen LogP) is 3.25. The summed E-state index contributed by atoms with van der Waals surface area (Å²) in [6, 6.07) is 7.98. The van der Waals surface area contributed by atoms with E-state index in [1.54, 1.807) is 11.8 Å². The molecule has 0 bridgehead atoms. The number of ketones is 1. The van der Waals surface area contributed by atoms with Crippen molar-refractivity contribution in [2.24, 2.45) is 0 Å². The molecule has 0 saturated carbocycles. The SMILES string of the molecule is O=C1c2ccccc2C2=C3C=CC=CC3SC12. The van der Waals surface area contributed by atoms with Gasteiger partial charge >= 0.3 is 0 Å². The molecule has 0 spiro atoms.